The van der Waals surface area contributed by atoms with Gasteiger partial charge < -0.3 is 33.2 Å². The fourth-order valence-corrected chi connectivity index (χ4v) is 1.81. The number of hydrogen-bond acceptors (Lipinski definition) is 1. The first-order valence-electron chi connectivity index (χ1n) is 4.39. The third kappa shape index (κ3) is 4.62. The zero-order valence-electron chi connectivity index (χ0n) is 8.51. The van der Waals surface area contributed by atoms with Crippen molar-refractivity contribution >= 4 is 0 Å². The molecule has 0 aromatic carbocycles. The van der Waals surface area contributed by atoms with E-state index in [1.165, 1.54) is 13.0 Å². The molecule has 2 nitrogen and oxygen atoms in total. The summed E-state index contributed by atoms with van der Waals surface area (Å²) in [7, 11) is 6.72. The lowest BCUT2D eigenvalue weighted by molar-refractivity contribution is -0.873. The van der Waals surface area contributed by atoms with Crippen molar-refractivity contribution in [3.05, 3.63) is 0 Å². The molecule has 0 radical (unpaired) electrons. The van der Waals surface area contributed by atoms with Crippen LogP contribution in [-0.2, 0) is 4.74 Å². The molecular formula is C9H20INO. The molecule has 0 N–H and O–H groups in total. The van der Waals surface area contributed by atoms with Crippen LogP contribution in [0.5, 0.6) is 0 Å². The fourth-order valence-electron chi connectivity index (χ4n) is 1.81. The second kappa shape index (κ2) is 4.77. The first-order chi connectivity index (χ1) is 4.97. The molecule has 0 spiro atoms. The highest BCUT2D eigenvalue weighted by Crippen LogP contribution is 2.20. The zero-order chi connectivity index (χ0) is 8.48. The minimum Gasteiger partial charge on any atom is -1.00 e. The number of nitrogens with zero attached hydrogens (tertiary/aromatic N) is 1. The lowest BCUT2D eigenvalue weighted by Gasteiger charge is -2.26. The van der Waals surface area contributed by atoms with Gasteiger partial charge in [0.05, 0.1) is 40.4 Å². The smallest absolute Gasteiger partial charge is 0.0832 e. The van der Waals surface area contributed by atoms with Gasteiger partial charge in [-0.15, -0.1) is 0 Å². The molecule has 0 bridgehead atoms. The van der Waals surface area contributed by atoms with Gasteiger partial charge in [-0.1, -0.05) is 0 Å². The Bertz CT molecular complexity index is 133. The summed E-state index contributed by atoms with van der Waals surface area (Å²) in [6, 6.07) is 0. The maximum Gasteiger partial charge on any atom is 0.0832 e. The molecule has 0 amide bonds. The Balaban J connectivity index is 0.00000121. The van der Waals surface area contributed by atoms with Gasteiger partial charge >= 0.3 is 0 Å². The van der Waals surface area contributed by atoms with E-state index in [9.17, 15) is 0 Å². The van der Waals surface area contributed by atoms with Gasteiger partial charge in [-0.25, -0.2) is 0 Å². The van der Waals surface area contributed by atoms with E-state index >= 15 is 0 Å². The van der Waals surface area contributed by atoms with E-state index in [0.717, 1.165) is 17.0 Å². The Kier molecular flexibility index (Phi) is 5.02. The second-order valence-corrected chi connectivity index (χ2v) is 4.72. The van der Waals surface area contributed by atoms with Gasteiger partial charge in [-0.3, -0.25) is 0 Å². The summed E-state index contributed by atoms with van der Waals surface area (Å²) in [5.74, 6) is 0.782. The van der Waals surface area contributed by atoms with Crippen molar-refractivity contribution in [2.45, 2.75) is 19.4 Å². The average molecular weight is 285 g/mol. The highest BCUT2D eigenvalue weighted by Gasteiger charge is 2.26. The maximum absolute atomic E-state index is 5.50. The first-order valence-corrected chi connectivity index (χ1v) is 4.39. The Morgan fingerprint density at radius 1 is 1.33 bits per heavy atom. The summed E-state index contributed by atoms with van der Waals surface area (Å²) in [6.07, 6.45) is 1.74. The molecule has 1 rings (SSSR count). The predicted molar refractivity (Wildman–Crippen MR) is 46.4 cm³/mol. The van der Waals surface area contributed by atoms with Crippen molar-refractivity contribution < 1.29 is 33.2 Å². The second-order valence-electron chi connectivity index (χ2n) is 4.72. The van der Waals surface area contributed by atoms with Crippen LogP contribution in [0.2, 0.25) is 0 Å². The minimum atomic E-state index is 0. The van der Waals surface area contributed by atoms with Gasteiger partial charge in [0.25, 0.3) is 0 Å². The van der Waals surface area contributed by atoms with Crippen molar-refractivity contribution in [1.29, 1.82) is 0 Å². The van der Waals surface area contributed by atoms with E-state index in [-0.39, 0.29) is 24.0 Å². The van der Waals surface area contributed by atoms with Crippen molar-refractivity contribution in [2.24, 2.45) is 5.92 Å². The SMILES string of the molecule is C[C@@H]1C[C@H](C[N+](C)(C)C)CO1.[I-]. The van der Waals surface area contributed by atoms with Crippen LogP contribution in [-0.4, -0.2) is 44.9 Å². The van der Waals surface area contributed by atoms with Crippen molar-refractivity contribution in [1.82, 2.24) is 0 Å². The Labute approximate surface area is 92.9 Å². The molecule has 1 heterocycles. The van der Waals surface area contributed by atoms with E-state index in [2.05, 4.69) is 28.1 Å². The quantitative estimate of drug-likeness (QED) is 0.426. The molecule has 0 aliphatic carbocycles. The van der Waals surface area contributed by atoms with Gasteiger partial charge in [0.15, 0.2) is 0 Å². The molecule has 0 saturated carbocycles. The first kappa shape index (κ1) is 12.7. The standard InChI is InChI=1S/C9H20NO.HI/c1-8-5-9(7-11-8)6-10(2,3)4;/h8-9H,5-7H2,1-4H3;1H/q+1;/p-1/t8-,9-;/m1./s1. The highest BCUT2D eigenvalue weighted by molar-refractivity contribution is 4.69. The summed E-state index contributed by atoms with van der Waals surface area (Å²) in [5.41, 5.74) is 0. The van der Waals surface area contributed by atoms with Crippen molar-refractivity contribution in [2.75, 3.05) is 34.3 Å². The summed E-state index contributed by atoms with van der Waals surface area (Å²) >= 11 is 0. The monoisotopic (exact) mass is 285 g/mol. The van der Waals surface area contributed by atoms with Gasteiger partial charge in [0.1, 0.15) is 0 Å². The molecule has 1 saturated heterocycles. The maximum atomic E-state index is 5.50. The van der Waals surface area contributed by atoms with Crippen LogP contribution in [0.3, 0.4) is 0 Å². The largest absolute Gasteiger partial charge is 1.00 e. The van der Waals surface area contributed by atoms with Crippen molar-refractivity contribution in [3.8, 4) is 0 Å². The number of halogens is 1. The number of ether oxygens (including phenoxy) is 1. The molecule has 0 aromatic heterocycles. The molecule has 0 aromatic rings. The van der Waals surface area contributed by atoms with E-state index < -0.39 is 0 Å². The number of rotatable bonds is 2. The summed E-state index contributed by atoms with van der Waals surface area (Å²) in [6.45, 7) is 4.37. The van der Waals surface area contributed by atoms with Crippen molar-refractivity contribution in [3.63, 3.8) is 0 Å². The van der Waals surface area contributed by atoms with E-state index in [1.807, 2.05) is 0 Å². The molecule has 1 aliphatic rings. The third-order valence-corrected chi connectivity index (χ3v) is 2.09. The molecule has 74 valence electrons. The normalized spacial score (nSPS) is 30.0. The van der Waals surface area contributed by atoms with Crippen LogP contribution in [0.25, 0.3) is 0 Å². The minimum absolute atomic E-state index is 0. The van der Waals surface area contributed by atoms with Gasteiger partial charge in [-0.05, 0) is 13.3 Å². The van der Waals surface area contributed by atoms with Gasteiger partial charge in [0.2, 0.25) is 0 Å². The molecule has 12 heavy (non-hydrogen) atoms. The topological polar surface area (TPSA) is 9.23 Å². The molecule has 1 fully saturated rings. The summed E-state index contributed by atoms with van der Waals surface area (Å²) in [4.78, 5) is 0. The lowest BCUT2D eigenvalue weighted by atomic mass is 10.1. The highest BCUT2D eigenvalue weighted by atomic mass is 127. The third-order valence-electron chi connectivity index (χ3n) is 2.09. The molecule has 1 aliphatic heterocycles. The fraction of sp³-hybridized carbons (Fsp3) is 1.00. The van der Waals surface area contributed by atoms with Crippen LogP contribution < -0.4 is 24.0 Å². The molecule has 2 atom stereocenters. The van der Waals surface area contributed by atoms with Crippen LogP contribution in [0, 0.1) is 5.92 Å². The Morgan fingerprint density at radius 2 is 1.92 bits per heavy atom. The van der Waals surface area contributed by atoms with Crippen LogP contribution >= 0.6 is 0 Å². The Hall–Kier alpha value is 0.650. The summed E-state index contributed by atoms with van der Waals surface area (Å²) < 4.78 is 6.56. The van der Waals surface area contributed by atoms with Crippen LogP contribution in [0.4, 0.5) is 0 Å². The van der Waals surface area contributed by atoms with Gasteiger partial charge in [-0.2, -0.15) is 0 Å². The lowest BCUT2D eigenvalue weighted by Crippen LogP contribution is -3.00. The molecule has 0 unspecified atom stereocenters. The van der Waals surface area contributed by atoms with Crippen LogP contribution in [0.1, 0.15) is 13.3 Å². The predicted octanol–water partition coefficient (Wildman–Crippen LogP) is -1.88. The number of quaternary nitrogens is 1. The van der Waals surface area contributed by atoms with Crippen LogP contribution in [0.15, 0.2) is 0 Å². The number of hydrogen-bond donors (Lipinski definition) is 0. The Morgan fingerprint density at radius 3 is 2.25 bits per heavy atom. The van der Waals surface area contributed by atoms with E-state index in [0.29, 0.717) is 6.10 Å². The average Bonchev–Trinajstić information content (AvgIpc) is 2.10. The van der Waals surface area contributed by atoms with Gasteiger partial charge in [0, 0.05) is 5.92 Å². The molecular weight excluding hydrogens is 265 g/mol. The van der Waals surface area contributed by atoms with E-state index in [4.69, 9.17) is 4.74 Å². The van der Waals surface area contributed by atoms with E-state index in [1.54, 1.807) is 0 Å². The molecule has 3 heteroatoms. The summed E-state index contributed by atoms with van der Waals surface area (Å²) in [5, 5.41) is 0. The zero-order valence-corrected chi connectivity index (χ0v) is 10.7.